The van der Waals surface area contributed by atoms with E-state index in [2.05, 4.69) is 41.4 Å². The third kappa shape index (κ3) is 3.72. The molecule has 0 saturated heterocycles. The van der Waals surface area contributed by atoms with Gasteiger partial charge in [0.2, 0.25) is 10.6 Å². The van der Waals surface area contributed by atoms with Gasteiger partial charge in [0.05, 0.1) is 6.21 Å². The highest BCUT2D eigenvalue weighted by molar-refractivity contribution is 9.12. The van der Waals surface area contributed by atoms with Crippen molar-refractivity contribution in [2.24, 2.45) is 5.10 Å². The Morgan fingerprint density at radius 1 is 1.26 bits per heavy atom. The van der Waals surface area contributed by atoms with Crippen molar-refractivity contribution < 1.29 is 0 Å². The topological polar surface area (TPSA) is 74.7 Å². The van der Waals surface area contributed by atoms with Gasteiger partial charge in [-0.2, -0.15) is 20.0 Å². The molecule has 0 aliphatic heterocycles. The summed E-state index contributed by atoms with van der Waals surface area (Å²) in [5.74, 6) is 0.551. The molecular formula is C15H13BrN6S. The van der Waals surface area contributed by atoms with Gasteiger partial charge in [0.25, 0.3) is 0 Å². The number of nitrogens with zero attached hydrogens (tertiary/aromatic N) is 4. The lowest BCUT2D eigenvalue weighted by Crippen LogP contribution is -1.94. The van der Waals surface area contributed by atoms with Crippen LogP contribution in [-0.4, -0.2) is 31.3 Å². The number of aromatic nitrogens is 5. The van der Waals surface area contributed by atoms with E-state index in [9.17, 15) is 0 Å². The molecule has 116 valence electrons. The first-order valence-corrected chi connectivity index (χ1v) is 8.00. The SMILES string of the molecule is Cc1cc(-c2n[nH]c(=S)n2N=C/C(Br)=C/c2ccccc2)n[nH]1. The van der Waals surface area contributed by atoms with Gasteiger partial charge in [0, 0.05) is 10.2 Å². The number of hydrogen-bond acceptors (Lipinski definition) is 4. The normalized spacial score (nSPS) is 12.2. The van der Waals surface area contributed by atoms with Crippen LogP contribution in [0.4, 0.5) is 0 Å². The first-order valence-electron chi connectivity index (χ1n) is 6.80. The smallest absolute Gasteiger partial charge is 0.216 e. The lowest BCUT2D eigenvalue weighted by molar-refractivity contribution is 0.866. The highest BCUT2D eigenvalue weighted by Gasteiger charge is 2.10. The highest BCUT2D eigenvalue weighted by atomic mass is 79.9. The van der Waals surface area contributed by atoms with E-state index in [1.54, 1.807) is 6.21 Å². The van der Waals surface area contributed by atoms with Crippen molar-refractivity contribution in [2.75, 3.05) is 0 Å². The molecule has 0 atom stereocenters. The van der Waals surface area contributed by atoms with Crippen molar-refractivity contribution in [3.63, 3.8) is 0 Å². The summed E-state index contributed by atoms with van der Waals surface area (Å²) in [4.78, 5) is 0. The molecule has 0 bridgehead atoms. The minimum Gasteiger partial charge on any atom is -0.282 e. The molecule has 3 aromatic rings. The van der Waals surface area contributed by atoms with Crippen molar-refractivity contribution in [3.05, 3.63) is 56.9 Å². The van der Waals surface area contributed by atoms with E-state index in [0.717, 1.165) is 15.7 Å². The van der Waals surface area contributed by atoms with Crippen molar-refractivity contribution >= 4 is 40.4 Å². The van der Waals surface area contributed by atoms with Crippen LogP contribution in [0, 0.1) is 11.7 Å². The maximum Gasteiger partial charge on any atom is 0.216 e. The van der Waals surface area contributed by atoms with E-state index in [1.807, 2.05) is 49.4 Å². The summed E-state index contributed by atoms with van der Waals surface area (Å²) in [6, 6.07) is 11.8. The minimum absolute atomic E-state index is 0.400. The van der Waals surface area contributed by atoms with Gasteiger partial charge in [0.1, 0.15) is 5.69 Å². The zero-order chi connectivity index (χ0) is 16.2. The van der Waals surface area contributed by atoms with E-state index >= 15 is 0 Å². The molecule has 0 radical (unpaired) electrons. The standard InChI is InChI=1S/C15H13BrN6S/c1-10-7-13(19-18-10)14-20-21-15(23)22(14)17-9-12(16)8-11-5-3-2-4-6-11/h2-9H,1H3,(H,18,19)(H,21,23)/b12-8-,17-9?. The molecule has 2 aromatic heterocycles. The quantitative estimate of drug-likeness (QED) is 0.525. The predicted molar refractivity (Wildman–Crippen MR) is 97.0 cm³/mol. The fourth-order valence-corrected chi connectivity index (χ4v) is 2.49. The number of H-pyrrole nitrogens is 2. The number of allylic oxidation sites excluding steroid dienone is 1. The van der Waals surface area contributed by atoms with Gasteiger partial charge < -0.3 is 0 Å². The summed E-state index contributed by atoms with van der Waals surface area (Å²) in [5, 5.41) is 18.3. The van der Waals surface area contributed by atoms with Crippen molar-refractivity contribution in [3.8, 4) is 11.5 Å². The van der Waals surface area contributed by atoms with E-state index in [4.69, 9.17) is 12.2 Å². The van der Waals surface area contributed by atoms with Gasteiger partial charge >= 0.3 is 0 Å². The summed E-state index contributed by atoms with van der Waals surface area (Å²) in [5.41, 5.74) is 2.69. The number of aromatic amines is 2. The Hall–Kier alpha value is -2.32. The molecule has 23 heavy (non-hydrogen) atoms. The minimum atomic E-state index is 0.400. The summed E-state index contributed by atoms with van der Waals surface area (Å²) < 4.78 is 2.75. The maximum absolute atomic E-state index is 5.22. The molecule has 3 rings (SSSR count). The van der Waals surface area contributed by atoms with Crippen LogP contribution in [0.2, 0.25) is 0 Å². The average molecular weight is 389 g/mol. The number of halogens is 1. The van der Waals surface area contributed by atoms with E-state index in [1.165, 1.54) is 4.68 Å². The Morgan fingerprint density at radius 3 is 2.74 bits per heavy atom. The third-order valence-corrected chi connectivity index (χ3v) is 3.68. The molecule has 2 heterocycles. The third-order valence-electron chi connectivity index (χ3n) is 2.99. The molecule has 0 saturated carbocycles. The molecule has 2 N–H and O–H groups in total. The lowest BCUT2D eigenvalue weighted by atomic mass is 10.2. The molecule has 0 spiro atoms. The number of benzene rings is 1. The zero-order valence-electron chi connectivity index (χ0n) is 12.2. The Bertz CT molecular complexity index is 919. The van der Waals surface area contributed by atoms with Crippen LogP contribution in [0.1, 0.15) is 11.3 Å². The fraction of sp³-hybridized carbons (Fsp3) is 0.0667. The highest BCUT2D eigenvalue weighted by Crippen LogP contribution is 2.16. The molecule has 0 aliphatic rings. The van der Waals surface area contributed by atoms with E-state index < -0.39 is 0 Å². The van der Waals surface area contributed by atoms with E-state index in [0.29, 0.717) is 16.3 Å². The summed E-state index contributed by atoms with van der Waals surface area (Å²) in [6.07, 6.45) is 3.63. The van der Waals surface area contributed by atoms with Crippen molar-refractivity contribution in [1.82, 2.24) is 25.1 Å². The second-order valence-corrected chi connectivity index (χ2v) is 6.09. The molecule has 0 aliphatic carbocycles. The molecule has 8 heteroatoms. The predicted octanol–water partition coefficient (Wildman–Crippen LogP) is 3.91. The first-order chi connectivity index (χ1) is 11.1. The number of aryl methyl sites for hydroxylation is 1. The Morgan fingerprint density at radius 2 is 2.04 bits per heavy atom. The van der Waals surface area contributed by atoms with Gasteiger partial charge in [0.15, 0.2) is 0 Å². The molecule has 6 nitrogen and oxygen atoms in total. The monoisotopic (exact) mass is 388 g/mol. The Labute approximate surface area is 146 Å². The summed E-state index contributed by atoms with van der Waals surface area (Å²) >= 11 is 8.70. The zero-order valence-corrected chi connectivity index (χ0v) is 14.6. The van der Waals surface area contributed by atoms with Gasteiger partial charge in [-0.15, -0.1) is 0 Å². The van der Waals surface area contributed by atoms with Crippen LogP contribution in [0.15, 0.2) is 46.0 Å². The molecular weight excluding hydrogens is 376 g/mol. The number of nitrogens with one attached hydrogen (secondary N) is 2. The second kappa shape index (κ2) is 6.84. The van der Waals surface area contributed by atoms with Crippen LogP contribution in [0.5, 0.6) is 0 Å². The van der Waals surface area contributed by atoms with Gasteiger partial charge in [-0.1, -0.05) is 30.3 Å². The number of rotatable bonds is 4. The van der Waals surface area contributed by atoms with Crippen LogP contribution in [-0.2, 0) is 0 Å². The number of hydrogen-bond donors (Lipinski definition) is 2. The van der Waals surface area contributed by atoms with Crippen LogP contribution < -0.4 is 0 Å². The summed E-state index contributed by atoms with van der Waals surface area (Å²) in [6.45, 7) is 1.92. The van der Waals surface area contributed by atoms with Crippen LogP contribution in [0.25, 0.3) is 17.6 Å². The Balaban J connectivity index is 1.90. The summed E-state index contributed by atoms with van der Waals surface area (Å²) in [7, 11) is 0. The van der Waals surface area contributed by atoms with Crippen LogP contribution in [0.3, 0.4) is 0 Å². The second-order valence-electron chi connectivity index (χ2n) is 4.78. The fourth-order valence-electron chi connectivity index (χ4n) is 1.96. The van der Waals surface area contributed by atoms with Crippen molar-refractivity contribution in [1.29, 1.82) is 0 Å². The van der Waals surface area contributed by atoms with Gasteiger partial charge in [-0.25, -0.2) is 5.10 Å². The largest absolute Gasteiger partial charge is 0.282 e. The van der Waals surface area contributed by atoms with Crippen LogP contribution >= 0.6 is 28.1 Å². The van der Waals surface area contributed by atoms with Gasteiger partial charge in [-0.3, -0.25) is 5.10 Å². The van der Waals surface area contributed by atoms with Gasteiger partial charge in [-0.05, 0) is 52.8 Å². The first kappa shape index (κ1) is 15.6. The van der Waals surface area contributed by atoms with E-state index in [-0.39, 0.29) is 0 Å². The molecule has 1 aromatic carbocycles. The average Bonchev–Trinajstić information content (AvgIpc) is 3.12. The van der Waals surface area contributed by atoms with Crippen molar-refractivity contribution in [2.45, 2.75) is 6.92 Å². The maximum atomic E-state index is 5.22. The molecule has 0 amide bonds. The lowest BCUT2D eigenvalue weighted by Gasteiger charge is -1.97. The Kier molecular flexibility index (Phi) is 4.63. The molecule has 0 fully saturated rings. The molecule has 0 unspecified atom stereocenters.